The maximum Gasteiger partial charge on any atom is 0.243 e. The van der Waals surface area contributed by atoms with Crippen molar-refractivity contribution in [1.29, 1.82) is 0 Å². The number of aliphatic imine (C=N–C) groups is 1. The van der Waals surface area contributed by atoms with Crippen LogP contribution in [0.1, 0.15) is 19.8 Å². The third kappa shape index (κ3) is 6.87. The minimum atomic E-state index is 0. The first-order valence-electron chi connectivity index (χ1n) is 11.4. The molecule has 3 rings (SSSR count). The number of para-hydroxylation sites is 2. The number of nitrogens with zero attached hydrogens (tertiary/aromatic N) is 5. The van der Waals surface area contributed by atoms with Crippen molar-refractivity contribution in [2.45, 2.75) is 25.8 Å². The van der Waals surface area contributed by atoms with Crippen molar-refractivity contribution in [3.05, 3.63) is 24.3 Å². The molecule has 0 bridgehead atoms. The Bertz CT molecular complexity index is 752. The molecule has 2 aliphatic heterocycles. The fourth-order valence-corrected chi connectivity index (χ4v) is 4.35. The Kier molecular flexibility index (Phi) is 10.8. The minimum absolute atomic E-state index is 0. The number of hydrogen-bond acceptors (Lipinski definition) is 5. The number of amides is 1. The molecular weight excluding hydrogens is 519 g/mol. The zero-order valence-electron chi connectivity index (χ0n) is 19.9. The zero-order chi connectivity index (χ0) is 22.2. The number of hydrogen-bond donors (Lipinski definition) is 1. The number of piperazine rings is 1. The number of rotatable bonds is 7. The van der Waals surface area contributed by atoms with Crippen LogP contribution in [0.4, 0.5) is 5.69 Å². The number of guanidine groups is 1. The average Bonchev–Trinajstić information content (AvgIpc) is 3.26. The molecule has 1 aromatic carbocycles. The largest absolute Gasteiger partial charge is 0.495 e. The van der Waals surface area contributed by atoms with Gasteiger partial charge in [-0.3, -0.25) is 9.69 Å². The number of likely N-dealkylation sites (N-methyl/N-ethyl adjacent to an activating group) is 2. The summed E-state index contributed by atoms with van der Waals surface area (Å²) in [5.74, 6) is 1.77. The lowest BCUT2D eigenvalue weighted by atomic mass is 10.2. The van der Waals surface area contributed by atoms with Crippen LogP contribution in [0.25, 0.3) is 0 Å². The molecule has 0 aromatic heterocycles. The highest BCUT2D eigenvalue weighted by molar-refractivity contribution is 14.0. The van der Waals surface area contributed by atoms with Crippen LogP contribution in [0.5, 0.6) is 5.75 Å². The quantitative estimate of drug-likeness (QED) is 0.314. The van der Waals surface area contributed by atoms with E-state index in [-0.39, 0.29) is 36.4 Å². The van der Waals surface area contributed by atoms with Gasteiger partial charge in [0.1, 0.15) is 12.3 Å². The SMILES string of the molecule is CCN1CCCC1CNC(=NCC(=O)N(C)C)N1CCN(c2ccccc2OC)CC1.I. The van der Waals surface area contributed by atoms with E-state index in [4.69, 9.17) is 9.73 Å². The van der Waals surface area contributed by atoms with Crippen LogP contribution in [-0.4, -0.2) is 106 Å². The smallest absolute Gasteiger partial charge is 0.243 e. The number of carbonyl (C=O) groups is 1. The summed E-state index contributed by atoms with van der Waals surface area (Å²) in [6.45, 7) is 8.98. The third-order valence-electron chi connectivity index (χ3n) is 6.27. The second-order valence-electron chi connectivity index (χ2n) is 8.38. The number of likely N-dealkylation sites (tertiary alicyclic amines) is 1. The Balaban J connectivity index is 0.00000363. The van der Waals surface area contributed by atoms with E-state index in [1.807, 2.05) is 18.2 Å². The van der Waals surface area contributed by atoms with Crippen molar-refractivity contribution in [3.8, 4) is 5.75 Å². The van der Waals surface area contributed by atoms with Crippen molar-refractivity contribution in [2.75, 3.05) is 78.5 Å². The second-order valence-corrected chi connectivity index (χ2v) is 8.38. The van der Waals surface area contributed by atoms with Gasteiger partial charge in [-0.15, -0.1) is 24.0 Å². The molecule has 1 amide bonds. The first kappa shape index (κ1) is 26.5. The van der Waals surface area contributed by atoms with Gasteiger partial charge < -0.3 is 24.8 Å². The predicted octanol–water partition coefficient (Wildman–Crippen LogP) is 1.95. The van der Waals surface area contributed by atoms with Crippen LogP contribution in [0, 0.1) is 0 Å². The monoisotopic (exact) mass is 558 g/mol. The fourth-order valence-electron chi connectivity index (χ4n) is 4.35. The molecule has 2 fully saturated rings. The van der Waals surface area contributed by atoms with Gasteiger partial charge in [0.15, 0.2) is 5.96 Å². The number of nitrogens with one attached hydrogen (secondary N) is 1. The number of benzene rings is 1. The van der Waals surface area contributed by atoms with Crippen molar-refractivity contribution in [1.82, 2.24) is 20.0 Å². The van der Waals surface area contributed by atoms with E-state index < -0.39 is 0 Å². The predicted molar refractivity (Wildman–Crippen MR) is 141 cm³/mol. The van der Waals surface area contributed by atoms with Crippen LogP contribution >= 0.6 is 24.0 Å². The van der Waals surface area contributed by atoms with E-state index in [9.17, 15) is 4.79 Å². The molecule has 0 radical (unpaired) electrons. The molecule has 8 nitrogen and oxygen atoms in total. The summed E-state index contributed by atoms with van der Waals surface area (Å²) in [6.07, 6.45) is 2.47. The summed E-state index contributed by atoms with van der Waals surface area (Å²) in [5.41, 5.74) is 1.13. The van der Waals surface area contributed by atoms with Gasteiger partial charge in [0.2, 0.25) is 5.91 Å². The average molecular weight is 559 g/mol. The highest BCUT2D eigenvalue weighted by Gasteiger charge is 2.26. The molecule has 0 spiro atoms. The summed E-state index contributed by atoms with van der Waals surface area (Å²) in [6, 6.07) is 8.69. The van der Waals surface area contributed by atoms with Gasteiger partial charge in [0.05, 0.1) is 12.8 Å². The Morgan fingerprint density at radius 1 is 1.19 bits per heavy atom. The van der Waals surface area contributed by atoms with Gasteiger partial charge in [-0.05, 0) is 38.1 Å². The maximum atomic E-state index is 12.1. The Hall–Kier alpha value is -1.75. The Labute approximate surface area is 210 Å². The number of methoxy groups -OCH3 is 1. The highest BCUT2D eigenvalue weighted by Crippen LogP contribution is 2.28. The van der Waals surface area contributed by atoms with E-state index >= 15 is 0 Å². The molecule has 180 valence electrons. The number of halogens is 1. The Morgan fingerprint density at radius 2 is 1.91 bits per heavy atom. The van der Waals surface area contributed by atoms with Gasteiger partial charge in [0.25, 0.3) is 0 Å². The van der Waals surface area contributed by atoms with Gasteiger partial charge >= 0.3 is 0 Å². The van der Waals surface area contributed by atoms with Crippen LogP contribution in [0.2, 0.25) is 0 Å². The lowest BCUT2D eigenvalue weighted by Crippen LogP contribution is -2.54. The lowest BCUT2D eigenvalue weighted by molar-refractivity contribution is -0.127. The first-order valence-corrected chi connectivity index (χ1v) is 11.4. The molecule has 0 aliphatic carbocycles. The standard InChI is InChI=1S/C23H38N6O2.HI/c1-5-27-12-8-9-19(27)17-24-23(25-18-22(30)26(2)3)29-15-13-28(14-16-29)20-10-6-7-11-21(20)31-4;/h6-7,10-11,19H,5,8-9,12-18H2,1-4H3,(H,24,25);1H. The molecule has 32 heavy (non-hydrogen) atoms. The molecule has 1 aromatic rings. The van der Waals surface area contributed by atoms with Crippen molar-refractivity contribution >= 4 is 41.5 Å². The molecule has 1 N–H and O–H groups in total. The van der Waals surface area contributed by atoms with E-state index in [0.717, 1.165) is 56.7 Å². The fraction of sp³-hybridized carbons (Fsp3) is 0.652. The zero-order valence-corrected chi connectivity index (χ0v) is 22.2. The van der Waals surface area contributed by atoms with Gasteiger partial charge in [-0.1, -0.05) is 19.1 Å². The van der Waals surface area contributed by atoms with Crippen molar-refractivity contribution in [3.63, 3.8) is 0 Å². The topological polar surface area (TPSA) is 63.7 Å². The van der Waals surface area contributed by atoms with Crippen LogP contribution in [0.3, 0.4) is 0 Å². The number of ether oxygens (including phenoxy) is 1. The number of carbonyl (C=O) groups excluding carboxylic acids is 1. The van der Waals surface area contributed by atoms with Gasteiger partial charge in [-0.2, -0.15) is 0 Å². The first-order chi connectivity index (χ1) is 15.0. The van der Waals surface area contributed by atoms with Gasteiger partial charge in [0, 0.05) is 52.9 Å². The molecule has 2 aliphatic rings. The molecule has 1 atom stereocenters. The van der Waals surface area contributed by atoms with Crippen molar-refractivity contribution in [2.24, 2.45) is 4.99 Å². The Morgan fingerprint density at radius 3 is 2.56 bits per heavy atom. The van der Waals surface area contributed by atoms with E-state index in [1.54, 1.807) is 26.1 Å². The normalized spacial score (nSPS) is 19.5. The summed E-state index contributed by atoms with van der Waals surface area (Å²) < 4.78 is 5.54. The molecule has 1 unspecified atom stereocenters. The van der Waals surface area contributed by atoms with Gasteiger partial charge in [-0.25, -0.2) is 4.99 Å². The third-order valence-corrected chi connectivity index (χ3v) is 6.27. The van der Waals surface area contributed by atoms with E-state index in [1.165, 1.54) is 19.4 Å². The van der Waals surface area contributed by atoms with Crippen molar-refractivity contribution < 1.29 is 9.53 Å². The summed E-state index contributed by atoms with van der Waals surface area (Å²) in [5, 5.41) is 3.59. The molecule has 2 heterocycles. The maximum absolute atomic E-state index is 12.1. The van der Waals surface area contributed by atoms with E-state index in [2.05, 4.69) is 33.0 Å². The summed E-state index contributed by atoms with van der Waals surface area (Å²) in [7, 11) is 5.26. The lowest BCUT2D eigenvalue weighted by Gasteiger charge is -2.38. The number of anilines is 1. The summed E-state index contributed by atoms with van der Waals surface area (Å²) in [4.78, 5) is 25.6. The van der Waals surface area contributed by atoms with Crippen LogP contribution in [0.15, 0.2) is 29.3 Å². The van der Waals surface area contributed by atoms with Crippen LogP contribution in [-0.2, 0) is 4.79 Å². The minimum Gasteiger partial charge on any atom is -0.495 e. The second kappa shape index (κ2) is 13.1. The highest BCUT2D eigenvalue weighted by atomic mass is 127. The molecular formula is C23H39IN6O2. The van der Waals surface area contributed by atoms with Crippen LogP contribution < -0.4 is 15.0 Å². The molecule has 2 saturated heterocycles. The summed E-state index contributed by atoms with van der Waals surface area (Å²) >= 11 is 0. The van der Waals surface area contributed by atoms with E-state index in [0.29, 0.717) is 6.04 Å². The molecule has 9 heteroatoms. The molecule has 0 saturated carbocycles.